The molecule has 2 aromatic rings. The molecule has 0 amide bonds. The number of sulfone groups is 1. The van der Waals surface area contributed by atoms with Crippen LogP contribution in [0.1, 0.15) is 17.0 Å². The van der Waals surface area contributed by atoms with Gasteiger partial charge in [-0.25, -0.2) is 8.42 Å². The Morgan fingerprint density at radius 3 is 2.47 bits per heavy atom. The quantitative estimate of drug-likeness (QED) is 0.866. The van der Waals surface area contributed by atoms with Gasteiger partial charge in [-0.05, 0) is 24.6 Å². The van der Waals surface area contributed by atoms with Gasteiger partial charge in [-0.1, -0.05) is 34.4 Å². The standard InChI is InChI=1S/C12H11Cl2NO3S/c1-8-4-10(18-15-8)7-19(16,17)6-9-2-3-11(13)12(14)5-9/h2-5H,6-7H2,1H3. The van der Waals surface area contributed by atoms with Crippen molar-refractivity contribution in [2.75, 3.05) is 0 Å². The van der Waals surface area contributed by atoms with Crippen LogP contribution >= 0.6 is 23.2 Å². The minimum Gasteiger partial charge on any atom is -0.360 e. The first-order chi connectivity index (χ1) is 8.85. The monoisotopic (exact) mass is 319 g/mol. The number of nitrogens with zero attached hydrogens (tertiary/aromatic N) is 1. The molecule has 0 saturated heterocycles. The molecule has 0 fully saturated rings. The number of aromatic nitrogens is 1. The molecule has 0 aliphatic rings. The van der Waals surface area contributed by atoms with Crippen LogP contribution in [-0.4, -0.2) is 13.6 Å². The van der Waals surface area contributed by atoms with Crippen LogP contribution in [0, 0.1) is 6.92 Å². The molecule has 1 aromatic carbocycles. The average molecular weight is 320 g/mol. The van der Waals surface area contributed by atoms with Crippen LogP contribution in [-0.2, 0) is 21.3 Å². The minimum absolute atomic E-state index is 0.121. The molecule has 0 aliphatic carbocycles. The lowest BCUT2D eigenvalue weighted by Gasteiger charge is -2.04. The smallest absolute Gasteiger partial charge is 0.161 e. The van der Waals surface area contributed by atoms with Gasteiger partial charge < -0.3 is 4.52 Å². The summed E-state index contributed by atoms with van der Waals surface area (Å²) in [5.74, 6) is 0.0233. The number of rotatable bonds is 4. The van der Waals surface area contributed by atoms with Gasteiger partial charge in [0.15, 0.2) is 15.6 Å². The zero-order chi connectivity index (χ0) is 14.0. The van der Waals surface area contributed by atoms with E-state index in [0.29, 0.717) is 27.1 Å². The van der Waals surface area contributed by atoms with Crippen LogP contribution in [0.4, 0.5) is 0 Å². The lowest BCUT2D eigenvalue weighted by atomic mass is 10.2. The van der Waals surface area contributed by atoms with Crippen molar-refractivity contribution in [2.45, 2.75) is 18.4 Å². The average Bonchev–Trinajstić information content (AvgIpc) is 2.68. The van der Waals surface area contributed by atoms with E-state index in [2.05, 4.69) is 5.16 Å². The maximum atomic E-state index is 12.0. The van der Waals surface area contributed by atoms with E-state index in [0.717, 1.165) is 0 Å². The molecule has 0 unspecified atom stereocenters. The molecular formula is C12H11Cl2NO3S. The Hall–Kier alpha value is -1.04. The number of halogens is 2. The zero-order valence-electron chi connectivity index (χ0n) is 10.1. The van der Waals surface area contributed by atoms with E-state index in [1.54, 1.807) is 31.2 Å². The number of aryl methyl sites for hydroxylation is 1. The van der Waals surface area contributed by atoms with E-state index in [1.165, 1.54) is 0 Å². The first-order valence-corrected chi connectivity index (χ1v) is 8.00. The van der Waals surface area contributed by atoms with Gasteiger partial charge in [0.2, 0.25) is 0 Å². The van der Waals surface area contributed by atoms with E-state index in [-0.39, 0.29) is 11.5 Å². The van der Waals surface area contributed by atoms with Crippen LogP contribution in [0.25, 0.3) is 0 Å². The molecule has 4 nitrogen and oxygen atoms in total. The van der Waals surface area contributed by atoms with Gasteiger partial charge in [0.25, 0.3) is 0 Å². The Kier molecular flexibility index (Phi) is 4.18. The fourth-order valence-electron chi connectivity index (χ4n) is 1.64. The highest BCUT2D eigenvalue weighted by Crippen LogP contribution is 2.24. The van der Waals surface area contributed by atoms with Gasteiger partial charge in [0.1, 0.15) is 5.75 Å². The predicted molar refractivity (Wildman–Crippen MR) is 74.0 cm³/mol. The predicted octanol–water partition coefficient (Wildman–Crippen LogP) is 3.40. The normalized spacial score (nSPS) is 11.7. The molecule has 0 bridgehead atoms. The first-order valence-electron chi connectivity index (χ1n) is 5.42. The Balaban J connectivity index is 2.14. The summed E-state index contributed by atoms with van der Waals surface area (Å²) in [4.78, 5) is 0. The summed E-state index contributed by atoms with van der Waals surface area (Å²) in [6.45, 7) is 1.73. The van der Waals surface area contributed by atoms with Crippen molar-refractivity contribution in [3.05, 3.63) is 51.3 Å². The van der Waals surface area contributed by atoms with E-state index < -0.39 is 9.84 Å². The van der Waals surface area contributed by atoms with Crippen LogP contribution in [0.3, 0.4) is 0 Å². The summed E-state index contributed by atoms with van der Waals surface area (Å²) in [5, 5.41) is 4.39. The van der Waals surface area contributed by atoms with E-state index in [4.69, 9.17) is 27.7 Å². The Morgan fingerprint density at radius 2 is 1.89 bits per heavy atom. The van der Waals surface area contributed by atoms with Crippen molar-refractivity contribution in [1.29, 1.82) is 0 Å². The highest BCUT2D eigenvalue weighted by molar-refractivity contribution is 7.89. The second-order valence-electron chi connectivity index (χ2n) is 4.22. The third kappa shape index (κ3) is 3.96. The molecule has 0 spiro atoms. The number of hydrogen-bond acceptors (Lipinski definition) is 4. The number of benzene rings is 1. The van der Waals surface area contributed by atoms with Crippen molar-refractivity contribution in [1.82, 2.24) is 5.16 Å². The molecule has 0 N–H and O–H groups in total. The van der Waals surface area contributed by atoms with Gasteiger partial charge in [-0.3, -0.25) is 0 Å². The van der Waals surface area contributed by atoms with Crippen molar-refractivity contribution in [2.24, 2.45) is 0 Å². The summed E-state index contributed by atoms with van der Waals surface area (Å²) in [7, 11) is -3.34. The van der Waals surface area contributed by atoms with Crippen molar-refractivity contribution in [3.63, 3.8) is 0 Å². The SMILES string of the molecule is Cc1cc(CS(=O)(=O)Cc2ccc(Cl)c(Cl)c2)on1. The molecule has 102 valence electrons. The fourth-order valence-corrected chi connectivity index (χ4v) is 3.32. The zero-order valence-corrected chi connectivity index (χ0v) is 12.4. The van der Waals surface area contributed by atoms with Gasteiger partial charge in [0.05, 0.1) is 21.5 Å². The largest absolute Gasteiger partial charge is 0.360 e. The Bertz CT molecular complexity index is 695. The van der Waals surface area contributed by atoms with Gasteiger partial charge in [0, 0.05) is 6.07 Å². The second kappa shape index (κ2) is 5.53. The molecule has 1 aromatic heterocycles. The van der Waals surface area contributed by atoms with E-state index in [1.807, 2.05) is 0 Å². The van der Waals surface area contributed by atoms with Crippen molar-refractivity contribution < 1.29 is 12.9 Å². The molecule has 2 rings (SSSR count). The summed E-state index contributed by atoms with van der Waals surface area (Å²) in [6, 6.07) is 6.37. The lowest BCUT2D eigenvalue weighted by Crippen LogP contribution is -2.07. The van der Waals surface area contributed by atoms with Gasteiger partial charge >= 0.3 is 0 Å². The van der Waals surface area contributed by atoms with Crippen molar-refractivity contribution >= 4 is 33.0 Å². The molecule has 0 aliphatic heterocycles. The maximum absolute atomic E-state index is 12.0. The second-order valence-corrected chi connectivity index (χ2v) is 7.09. The molecule has 0 atom stereocenters. The Morgan fingerprint density at radius 1 is 1.16 bits per heavy atom. The molecule has 1 heterocycles. The summed E-state index contributed by atoms with van der Waals surface area (Å²) in [6.07, 6.45) is 0. The van der Waals surface area contributed by atoms with E-state index >= 15 is 0 Å². The van der Waals surface area contributed by atoms with Gasteiger partial charge in [-0.15, -0.1) is 0 Å². The molecule has 19 heavy (non-hydrogen) atoms. The topological polar surface area (TPSA) is 60.2 Å². The third-order valence-corrected chi connectivity index (χ3v) is 4.65. The molecule has 0 saturated carbocycles. The molecule has 7 heteroatoms. The fraction of sp³-hybridized carbons (Fsp3) is 0.250. The molecule has 0 radical (unpaired) electrons. The molecular weight excluding hydrogens is 309 g/mol. The van der Waals surface area contributed by atoms with Crippen molar-refractivity contribution in [3.8, 4) is 0 Å². The Labute approximate surface area is 121 Å². The van der Waals surface area contributed by atoms with Crippen LogP contribution in [0.15, 0.2) is 28.8 Å². The summed E-state index contributed by atoms with van der Waals surface area (Å²) in [5.41, 5.74) is 1.24. The van der Waals surface area contributed by atoms with Crippen LogP contribution in [0.2, 0.25) is 10.0 Å². The lowest BCUT2D eigenvalue weighted by molar-refractivity contribution is 0.388. The van der Waals surface area contributed by atoms with Gasteiger partial charge in [-0.2, -0.15) is 0 Å². The third-order valence-electron chi connectivity index (χ3n) is 2.41. The highest BCUT2D eigenvalue weighted by atomic mass is 35.5. The van der Waals surface area contributed by atoms with E-state index in [9.17, 15) is 8.42 Å². The minimum atomic E-state index is -3.34. The highest BCUT2D eigenvalue weighted by Gasteiger charge is 2.16. The van der Waals surface area contributed by atoms with Crippen LogP contribution < -0.4 is 0 Å². The van der Waals surface area contributed by atoms with Crippen LogP contribution in [0.5, 0.6) is 0 Å². The maximum Gasteiger partial charge on any atom is 0.161 e. The number of hydrogen-bond donors (Lipinski definition) is 0. The summed E-state index contributed by atoms with van der Waals surface area (Å²) < 4.78 is 28.9. The first kappa shape index (κ1) is 14.4. The summed E-state index contributed by atoms with van der Waals surface area (Å²) >= 11 is 11.6.